The molecule has 180 valence electrons. The zero-order chi connectivity index (χ0) is 25.4. The lowest BCUT2D eigenvalue weighted by molar-refractivity contribution is -0.384. The number of pyridine rings is 1. The zero-order valence-electron chi connectivity index (χ0n) is 19.5. The van der Waals surface area contributed by atoms with Gasteiger partial charge in [0, 0.05) is 45.8 Å². The van der Waals surface area contributed by atoms with Crippen LogP contribution in [0.15, 0.2) is 108 Å². The Labute approximate surface area is 211 Å². The number of aromatic nitrogens is 1. The summed E-state index contributed by atoms with van der Waals surface area (Å²) in [4.78, 5) is 19.8. The third-order valence-corrected chi connectivity index (χ3v) is 6.16. The average Bonchev–Trinajstić information content (AvgIpc) is 2.93. The van der Waals surface area contributed by atoms with Crippen LogP contribution in [0.2, 0.25) is 0 Å². The van der Waals surface area contributed by atoms with Crippen molar-refractivity contribution in [3.05, 3.63) is 124 Å². The van der Waals surface area contributed by atoms with Crippen molar-refractivity contribution in [1.29, 1.82) is 0 Å². The zero-order valence-corrected chi connectivity index (χ0v) is 19.5. The first kappa shape index (κ1) is 22.4. The van der Waals surface area contributed by atoms with E-state index in [1.807, 2.05) is 60.7 Å². The maximum atomic E-state index is 11.2. The lowest BCUT2D eigenvalue weighted by Crippen LogP contribution is -2.26. The number of benzene rings is 4. The number of nitro groups is 1. The number of anilines is 2. The summed E-state index contributed by atoms with van der Waals surface area (Å²) in [7, 11) is 0. The number of hydrogen-bond donors (Lipinski definition) is 2. The Kier molecular flexibility index (Phi) is 5.55. The summed E-state index contributed by atoms with van der Waals surface area (Å²) in [5.74, 6) is 0.537. The SMILES string of the molecule is NC1N=C(c2cccc([N+](=O)[O-])c2)C=C(c2ccc(Nc3c4ccccc4nc4ccccc34)cc2)O1. The van der Waals surface area contributed by atoms with Crippen molar-refractivity contribution in [2.24, 2.45) is 10.7 Å². The van der Waals surface area contributed by atoms with Crippen molar-refractivity contribution >= 4 is 50.3 Å². The first-order valence-electron chi connectivity index (χ1n) is 11.7. The minimum absolute atomic E-state index is 0.0122. The minimum atomic E-state index is -0.915. The Morgan fingerprint density at radius 1 is 0.838 bits per heavy atom. The van der Waals surface area contributed by atoms with Crippen LogP contribution in [0.3, 0.4) is 0 Å². The van der Waals surface area contributed by atoms with Gasteiger partial charge in [-0.25, -0.2) is 9.98 Å². The van der Waals surface area contributed by atoms with Gasteiger partial charge in [0.25, 0.3) is 5.69 Å². The molecule has 0 amide bonds. The van der Waals surface area contributed by atoms with Gasteiger partial charge in [-0.1, -0.05) is 48.5 Å². The van der Waals surface area contributed by atoms with Crippen molar-refractivity contribution in [2.45, 2.75) is 6.35 Å². The van der Waals surface area contributed by atoms with Crippen LogP contribution < -0.4 is 11.1 Å². The molecule has 0 spiro atoms. The van der Waals surface area contributed by atoms with Gasteiger partial charge in [-0.15, -0.1) is 0 Å². The van der Waals surface area contributed by atoms with E-state index in [0.29, 0.717) is 17.0 Å². The smallest absolute Gasteiger partial charge is 0.270 e. The van der Waals surface area contributed by atoms with Crippen molar-refractivity contribution in [1.82, 2.24) is 4.98 Å². The highest BCUT2D eigenvalue weighted by Crippen LogP contribution is 2.33. The highest BCUT2D eigenvalue weighted by atomic mass is 16.6. The summed E-state index contributed by atoms with van der Waals surface area (Å²) in [6.45, 7) is 0. The molecule has 3 N–H and O–H groups in total. The molecule has 0 radical (unpaired) electrons. The number of nitro benzene ring substituents is 1. The largest absolute Gasteiger partial charge is 0.455 e. The summed E-state index contributed by atoms with van der Waals surface area (Å²) in [5.41, 5.74) is 11.7. The molecule has 4 aromatic carbocycles. The van der Waals surface area contributed by atoms with Gasteiger partial charge in [0.2, 0.25) is 6.35 Å². The van der Waals surface area contributed by atoms with E-state index in [4.69, 9.17) is 15.5 Å². The number of allylic oxidation sites excluding steroid dienone is 1. The fourth-order valence-electron chi connectivity index (χ4n) is 4.41. The number of para-hydroxylation sites is 2. The Morgan fingerprint density at radius 2 is 1.51 bits per heavy atom. The molecule has 1 aliphatic heterocycles. The third kappa shape index (κ3) is 4.37. The van der Waals surface area contributed by atoms with Crippen LogP contribution in [0.1, 0.15) is 11.1 Å². The maximum Gasteiger partial charge on any atom is 0.270 e. The van der Waals surface area contributed by atoms with Crippen LogP contribution in [0.25, 0.3) is 27.6 Å². The number of fused-ring (bicyclic) bond motifs is 2. The second-order valence-electron chi connectivity index (χ2n) is 8.56. The normalized spacial score (nSPS) is 15.1. The minimum Gasteiger partial charge on any atom is -0.455 e. The summed E-state index contributed by atoms with van der Waals surface area (Å²) >= 11 is 0. The van der Waals surface area contributed by atoms with Gasteiger partial charge < -0.3 is 10.1 Å². The topological polar surface area (TPSA) is 116 Å². The standard InChI is InChI=1S/C29H21N5O3/c30-29-33-26(19-6-5-7-21(16-19)34(35)36)17-27(37-29)18-12-14-20(15-13-18)31-28-22-8-1-3-10-24(22)32-25-11-4-2-9-23(25)28/h1-17,29H,30H2,(H,31,32). The second kappa shape index (κ2) is 9.18. The lowest BCUT2D eigenvalue weighted by Gasteiger charge is -2.20. The van der Waals surface area contributed by atoms with Crippen LogP contribution in [0.5, 0.6) is 0 Å². The van der Waals surface area contributed by atoms with Crippen molar-refractivity contribution in [3.8, 4) is 0 Å². The third-order valence-electron chi connectivity index (χ3n) is 6.16. The molecule has 1 aromatic heterocycles. The lowest BCUT2D eigenvalue weighted by atomic mass is 10.0. The molecule has 0 saturated carbocycles. The van der Waals surface area contributed by atoms with E-state index in [9.17, 15) is 10.1 Å². The summed E-state index contributed by atoms with van der Waals surface area (Å²) in [6.07, 6.45) is 0.830. The molecule has 8 heteroatoms. The number of hydrogen-bond acceptors (Lipinski definition) is 7. The molecule has 0 fully saturated rings. The van der Waals surface area contributed by atoms with Crippen LogP contribution in [-0.2, 0) is 4.74 Å². The van der Waals surface area contributed by atoms with Gasteiger partial charge in [-0.05, 0) is 36.4 Å². The molecular formula is C29H21N5O3. The second-order valence-corrected chi connectivity index (χ2v) is 8.56. The molecular weight excluding hydrogens is 466 g/mol. The van der Waals surface area contributed by atoms with Gasteiger partial charge in [-0.3, -0.25) is 15.8 Å². The van der Waals surface area contributed by atoms with E-state index >= 15 is 0 Å². The number of ether oxygens (including phenoxy) is 1. The molecule has 37 heavy (non-hydrogen) atoms. The number of aliphatic imine (C=N–C) groups is 1. The molecule has 0 saturated heterocycles. The molecule has 1 unspecified atom stereocenters. The van der Waals surface area contributed by atoms with Gasteiger partial charge >= 0.3 is 0 Å². The van der Waals surface area contributed by atoms with Gasteiger partial charge in [0.05, 0.1) is 27.4 Å². The van der Waals surface area contributed by atoms with Crippen LogP contribution >= 0.6 is 0 Å². The highest BCUT2D eigenvalue weighted by molar-refractivity contribution is 6.12. The molecule has 6 rings (SSSR count). The summed E-state index contributed by atoms with van der Waals surface area (Å²) in [6, 6.07) is 30.2. The Morgan fingerprint density at radius 3 is 2.19 bits per heavy atom. The van der Waals surface area contributed by atoms with Gasteiger partial charge in [-0.2, -0.15) is 0 Å². The Hall–Kier alpha value is -5.08. The van der Waals surface area contributed by atoms with E-state index in [2.05, 4.69) is 22.4 Å². The molecule has 1 atom stereocenters. The quantitative estimate of drug-likeness (QED) is 0.175. The van der Waals surface area contributed by atoms with Crippen LogP contribution in [0, 0.1) is 10.1 Å². The van der Waals surface area contributed by atoms with Crippen molar-refractivity contribution in [3.63, 3.8) is 0 Å². The maximum absolute atomic E-state index is 11.2. The highest BCUT2D eigenvalue weighted by Gasteiger charge is 2.18. The summed E-state index contributed by atoms with van der Waals surface area (Å²) < 4.78 is 5.76. The van der Waals surface area contributed by atoms with Crippen LogP contribution in [-0.4, -0.2) is 22.0 Å². The fourth-order valence-corrected chi connectivity index (χ4v) is 4.41. The first-order chi connectivity index (χ1) is 18.0. The number of nitrogens with zero attached hydrogens (tertiary/aromatic N) is 3. The summed E-state index contributed by atoms with van der Waals surface area (Å²) in [5, 5.41) is 16.8. The van der Waals surface area contributed by atoms with Gasteiger partial charge in [0.15, 0.2) is 0 Å². The van der Waals surface area contributed by atoms with E-state index in [1.54, 1.807) is 18.2 Å². The molecule has 2 heterocycles. The predicted octanol–water partition coefficient (Wildman–Crippen LogP) is 6.14. The van der Waals surface area contributed by atoms with E-state index < -0.39 is 11.3 Å². The first-order valence-corrected chi connectivity index (χ1v) is 11.7. The number of non-ortho nitro benzene ring substituents is 1. The average molecular weight is 488 g/mol. The Balaban J connectivity index is 1.32. The molecule has 0 aliphatic carbocycles. The monoisotopic (exact) mass is 487 g/mol. The Bertz CT molecular complexity index is 1670. The van der Waals surface area contributed by atoms with Crippen molar-refractivity contribution in [2.75, 3.05) is 5.32 Å². The van der Waals surface area contributed by atoms with Gasteiger partial charge in [0.1, 0.15) is 5.76 Å². The number of nitrogens with one attached hydrogen (secondary N) is 1. The van der Waals surface area contributed by atoms with E-state index in [0.717, 1.165) is 38.7 Å². The predicted molar refractivity (Wildman–Crippen MR) is 146 cm³/mol. The van der Waals surface area contributed by atoms with E-state index in [-0.39, 0.29) is 5.69 Å². The van der Waals surface area contributed by atoms with Crippen LogP contribution in [0.4, 0.5) is 17.1 Å². The van der Waals surface area contributed by atoms with E-state index in [1.165, 1.54) is 12.1 Å². The number of nitrogens with two attached hydrogens (primary N) is 1. The number of rotatable bonds is 5. The van der Waals surface area contributed by atoms with Crippen molar-refractivity contribution < 1.29 is 9.66 Å². The molecule has 8 nitrogen and oxygen atoms in total. The molecule has 0 bridgehead atoms. The molecule has 5 aromatic rings. The molecule has 1 aliphatic rings. The fraction of sp³-hybridized carbons (Fsp3) is 0.0345.